The summed E-state index contributed by atoms with van der Waals surface area (Å²) in [5.41, 5.74) is 3.75. The van der Waals surface area contributed by atoms with E-state index in [4.69, 9.17) is 10.5 Å². The third-order valence-corrected chi connectivity index (χ3v) is 4.57. The Morgan fingerprint density at radius 1 is 1.24 bits per heavy atom. The van der Waals surface area contributed by atoms with Crippen molar-refractivity contribution in [2.24, 2.45) is 5.73 Å². The van der Waals surface area contributed by atoms with Crippen molar-refractivity contribution in [3.63, 3.8) is 0 Å². The van der Waals surface area contributed by atoms with E-state index >= 15 is 0 Å². The van der Waals surface area contributed by atoms with Crippen molar-refractivity contribution in [2.45, 2.75) is 25.1 Å². The number of pyridine rings is 1. The molecule has 1 aliphatic rings. The second kappa shape index (κ2) is 7.94. The predicted octanol–water partition coefficient (Wildman–Crippen LogP) is 3.16. The molecule has 0 aliphatic carbocycles. The number of amides is 1. The van der Waals surface area contributed by atoms with Gasteiger partial charge in [0.1, 0.15) is 23.2 Å². The molecule has 29 heavy (non-hydrogen) atoms. The molecule has 1 aromatic heterocycles. The SMILES string of the molecule is NC(=O)c1cc(OC2CCN(c3ccc(C(F)(F)F)cc3[N+](=O)[O-])CC2)ccn1. The highest BCUT2D eigenvalue weighted by Crippen LogP contribution is 2.37. The molecular formula is C18H17F3N4O4. The molecule has 0 radical (unpaired) electrons. The lowest BCUT2D eigenvalue weighted by Gasteiger charge is -2.33. The Balaban J connectivity index is 1.70. The predicted molar refractivity (Wildman–Crippen MR) is 96.7 cm³/mol. The number of ether oxygens (including phenoxy) is 1. The van der Waals surface area contributed by atoms with E-state index in [0.717, 1.165) is 12.1 Å². The molecule has 0 saturated carbocycles. The Morgan fingerprint density at radius 3 is 2.52 bits per heavy atom. The minimum absolute atomic E-state index is 0.0697. The zero-order valence-electron chi connectivity index (χ0n) is 15.1. The number of piperidine rings is 1. The Labute approximate surface area is 163 Å². The average molecular weight is 410 g/mol. The van der Waals surface area contributed by atoms with Crippen LogP contribution in [0.25, 0.3) is 0 Å². The van der Waals surface area contributed by atoms with Crippen molar-refractivity contribution in [3.05, 3.63) is 57.9 Å². The molecule has 2 heterocycles. The standard InChI is InChI=1S/C18H17F3N4O4/c19-18(20,21)11-1-2-15(16(9-11)25(27)28)24-7-4-12(5-8-24)29-13-3-6-23-14(10-13)17(22)26/h1-3,6,9-10,12H,4-5,7-8H2,(H2,22,26). The van der Waals surface area contributed by atoms with Gasteiger partial charge in [0.2, 0.25) is 0 Å². The van der Waals surface area contributed by atoms with Crippen LogP contribution in [0.2, 0.25) is 0 Å². The smallest absolute Gasteiger partial charge is 0.416 e. The van der Waals surface area contributed by atoms with Crippen molar-refractivity contribution < 1.29 is 27.6 Å². The van der Waals surface area contributed by atoms with Gasteiger partial charge in [-0.05, 0) is 18.2 Å². The minimum Gasteiger partial charge on any atom is -0.490 e. The number of carbonyl (C=O) groups excluding carboxylic acids is 1. The van der Waals surface area contributed by atoms with Gasteiger partial charge in [0.05, 0.1) is 10.5 Å². The fourth-order valence-corrected chi connectivity index (χ4v) is 3.14. The summed E-state index contributed by atoms with van der Waals surface area (Å²) in [6.07, 6.45) is -2.49. The number of nitrogens with zero attached hydrogens (tertiary/aromatic N) is 3. The van der Waals surface area contributed by atoms with Gasteiger partial charge < -0.3 is 15.4 Å². The van der Waals surface area contributed by atoms with Crippen molar-refractivity contribution in [2.75, 3.05) is 18.0 Å². The van der Waals surface area contributed by atoms with Gasteiger partial charge in [-0.25, -0.2) is 0 Å². The van der Waals surface area contributed by atoms with Crippen molar-refractivity contribution in [1.29, 1.82) is 0 Å². The van der Waals surface area contributed by atoms with Crippen LogP contribution in [0.1, 0.15) is 28.9 Å². The molecule has 8 nitrogen and oxygen atoms in total. The molecule has 1 saturated heterocycles. The molecule has 1 aromatic carbocycles. The number of halogens is 3. The Kier molecular flexibility index (Phi) is 5.57. The number of rotatable bonds is 5. The van der Waals surface area contributed by atoms with Crippen molar-refractivity contribution in [3.8, 4) is 5.75 Å². The second-order valence-electron chi connectivity index (χ2n) is 6.50. The third-order valence-electron chi connectivity index (χ3n) is 4.57. The molecule has 0 unspecified atom stereocenters. The summed E-state index contributed by atoms with van der Waals surface area (Å²) < 4.78 is 44.4. The van der Waals surface area contributed by atoms with E-state index in [1.807, 2.05) is 0 Å². The molecular weight excluding hydrogens is 393 g/mol. The van der Waals surface area contributed by atoms with Crippen LogP contribution < -0.4 is 15.4 Å². The summed E-state index contributed by atoms with van der Waals surface area (Å²) in [5.74, 6) is -0.257. The van der Waals surface area contributed by atoms with E-state index in [2.05, 4.69) is 4.98 Å². The van der Waals surface area contributed by atoms with Crippen molar-refractivity contribution in [1.82, 2.24) is 4.98 Å². The first kappa shape index (κ1) is 20.4. The Hall–Kier alpha value is -3.37. The maximum Gasteiger partial charge on any atom is 0.416 e. The van der Waals surface area contributed by atoms with Crippen LogP contribution in [0.5, 0.6) is 5.75 Å². The first-order valence-electron chi connectivity index (χ1n) is 8.68. The average Bonchev–Trinajstić information content (AvgIpc) is 2.67. The van der Waals surface area contributed by atoms with E-state index in [1.54, 1.807) is 11.0 Å². The van der Waals surface area contributed by atoms with E-state index in [1.165, 1.54) is 12.3 Å². The number of benzene rings is 1. The zero-order valence-corrected chi connectivity index (χ0v) is 15.1. The molecule has 0 bridgehead atoms. The largest absolute Gasteiger partial charge is 0.490 e. The molecule has 1 amide bonds. The van der Waals surface area contributed by atoms with Crippen LogP contribution in [-0.2, 0) is 6.18 Å². The van der Waals surface area contributed by atoms with Gasteiger partial charge in [-0.3, -0.25) is 19.9 Å². The molecule has 154 valence electrons. The highest BCUT2D eigenvalue weighted by molar-refractivity contribution is 5.91. The van der Waals surface area contributed by atoms with E-state index in [-0.39, 0.29) is 17.5 Å². The van der Waals surface area contributed by atoms with E-state index < -0.39 is 28.3 Å². The molecule has 2 aromatic rings. The number of anilines is 1. The summed E-state index contributed by atoms with van der Waals surface area (Å²) in [7, 11) is 0. The number of aromatic nitrogens is 1. The quantitative estimate of drug-likeness (QED) is 0.599. The van der Waals surface area contributed by atoms with Crippen molar-refractivity contribution >= 4 is 17.3 Å². The number of hydrogen-bond acceptors (Lipinski definition) is 6. The molecule has 2 N–H and O–H groups in total. The number of hydrogen-bond donors (Lipinski definition) is 1. The summed E-state index contributed by atoms with van der Waals surface area (Å²) in [6, 6.07) is 5.53. The Bertz CT molecular complexity index is 928. The lowest BCUT2D eigenvalue weighted by molar-refractivity contribution is -0.384. The van der Waals surface area contributed by atoms with Crippen LogP contribution >= 0.6 is 0 Å². The summed E-state index contributed by atoms with van der Waals surface area (Å²) in [4.78, 5) is 27.2. The maximum atomic E-state index is 12.9. The summed E-state index contributed by atoms with van der Waals surface area (Å²) in [5, 5.41) is 11.3. The molecule has 1 aliphatic heterocycles. The van der Waals surface area contributed by atoms with Gasteiger partial charge in [-0.1, -0.05) is 0 Å². The van der Waals surface area contributed by atoms with Crippen LogP contribution in [0.15, 0.2) is 36.5 Å². The summed E-state index contributed by atoms with van der Waals surface area (Å²) in [6.45, 7) is 0.731. The first-order chi connectivity index (χ1) is 13.6. The zero-order chi connectivity index (χ0) is 21.2. The molecule has 3 rings (SSSR count). The van der Waals surface area contributed by atoms with Crippen LogP contribution in [0.3, 0.4) is 0 Å². The topological polar surface area (TPSA) is 112 Å². The highest BCUT2D eigenvalue weighted by Gasteiger charge is 2.34. The van der Waals surface area contributed by atoms with Crippen LogP contribution in [-0.4, -0.2) is 35.0 Å². The Morgan fingerprint density at radius 2 is 1.93 bits per heavy atom. The van der Waals surface area contributed by atoms with Gasteiger partial charge in [-0.2, -0.15) is 13.2 Å². The molecule has 0 atom stereocenters. The number of alkyl halides is 3. The molecule has 11 heteroatoms. The lowest BCUT2D eigenvalue weighted by atomic mass is 10.1. The highest BCUT2D eigenvalue weighted by atomic mass is 19.4. The van der Waals surface area contributed by atoms with Gasteiger partial charge in [0.25, 0.3) is 11.6 Å². The minimum atomic E-state index is -4.65. The van der Waals surface area contributed by atoms with Gasteiger partial charge in [-0.15, -0.1) is 0 Å². The van der Waals surface area contributed by atoms with E-state index in [0.29, 0.717) is 37.7 Å². The fraction of sp³-hybridized carbons (Fsp3) is 0.333. The molecule has 1 fully saturated rings. The number of nitro groups is 1. The summed E-state index contributed by atoms with van der Waals surface area (Å²) >= 11 is 0. The normalized spacial score (nSPS) is 15.2. The second-order valence-corrected chi connectivity index (χ2v) is 6.50. The van der Waals surface area contributed by atoms with E-state index in [9.17, 15) is 28.1 Å². The number of carbonyl (C=O) groups is 1. The lowest BCUT2D eigenvalue weighted by Crippen LogP contribution is -2.38. The van der Waals surface area contributed by atoms with Crippen LogP contribution in [0.4, 0.5) is 24.5 Å². The number of nitrogens with two attached hydrogens (primary N) is 1. The molecule has 0 spiro atoms. The van der Waals surface area contributed by atoms with Gasteiger partial charge in [0.15, 0.2) is 0 Å². The first-order valence-corrected chi connectivity index (χ1v) is 8.68. The van der Waals surface area contributed by atoms with Crippen LogP contribution in [0, 0.1) is 10.1 Å². The monoisotopic (exact) mass is 410 g/mol. The third kappa shape index (κ3) is 4.73. The number of primary amides is 1. The number of nitro benzene ring substituents is 1. The van der Waals surface area contributed by atoms with Gasteiger partial charge in [0, 0.05) is 44.3 Å². The fourth-order valence-electron chi connectivity index (χ4n) is 3.14. The maximum absolute atomic E-state index is 12.9. The van der Waals surface area contributed by atoms with Gasteiger partial charge >= 0.3 is 6.18 Å².